The van der Waals surface area contributed by atoms with Gasteiger partial charge in [0.05, 0.1) is 21.9 Å². The Balaban J connectivity index is 2.32. The molecule has 0 spiro atoms. The monoisotopic (exact) mass is 328 g/mol. The lowest BCUT2D eigenvalue weighted by Crippen LogP contribution is -2.19. The third-order valence-corrected chi connectivity index (χ3v) is 3.86. The minimum Gasteiger partial charge on any atom is -0.502 e. The minimum atomic E-state index is -0.715. The van der Waals surface area contributed by atoms with Crippen molar-refractivity contribution in [2.24, 2.45) is 10.2 Å². The van der Waals surface area contributed by atoms with E-state index >= 15 is 0 Å². The number of benzene rings is 1. The summed E-state index contributed by atoms with van der Waals surface area (Å²) in [7, 11) is 0. The topological polar surface area (TPSA) is 117 Å². The number of nitro groups is 1. The summed E-state index contributed by atoms with van der Waals surface area (Å²) in [4.78, 5) is 21.2. The predicted octanol–water partition coefficient (Wildman–Crippen LogP) is 1.82. The molecule has 8 nitrogen and oxygen atoms in total. The second-order valence-corrected chi connectivity index (χ2v) is 5.38. The summed E-state index contributed by atoms with van der Waals surface area (Å²) in [5.41, 5.74) is -0.239. The van der Waals surface area contributed by atoms with E-state index in [2.05, 4.69) is 15.5 Å². The van der Waals surface area contributed by atoms with Gasteiger partial charge in [0.2, 0.25) is 11.7 Å². The van der Waals surface area contributed by atoms with Crippen LogP contribution in [0, 0.1) is 17.0 Å². The van der Waals surface area contributed by atoms with Crippen LogP contribution in [-0.4, -0.2) is 33.1 Å². The zero-order valence-corrected chi connectivity index (χ0v) is 12.2. The van der Waals surface area contributed by atoms with Crippen molar-refractivity contribution in [1.29, 1.82) is 0 Å². The van der Waals surface area contributed by atoms with Gasteiger partial charge in [-0.2, -0.15) is 5.10 Å². The molecule has 0 atom stereocenters. The zero-order valence-electron chi connectivity index (χ0n) is 10.7. The van der Waals surface area contributed by atoms with Crippen molar-refractivity contribution in [2.45, 2.75) is 6.92 Å². The number of nitro benzene ring substituents is 1. The molecule has 1 aliphatic heterocycles. The summed E-state index contributed by atoms with van der Waals surface area (Å²) in [6.45, 7) is 1.44. The molecule has 10 heteroatoms. The quantitative estimate of drug-likeness (QED) is 0.498. The summed E-state index contributed by atoms with van der Waals surface area (Å²) < 4.78 is 0. The largest absolute Gasteiger partial charge is 0.502 e. The number of nitrogens with zero attached hydrogens (tertiary/aromatic N) is 3. The van der Waals surface area contributed by atoms with Crippen LogP contribution in [0.4, 0.5) is 5.69 Å². The summed E-state index contributed by atoms with van der Waals surface area (Å²) in [6, 6.07) is 1.35. The highest BCUT2D eigenvalue weighted by atomic mass is 35.5. The molecule has 0 aromatic heterocycles. The molecule has 2 N–H and O–H groups in total. The fourth-order valence-electron chi connectivity index (χ4n) is 1.59. The summed E-state index contributed by atoms with van der Waals surface area (Å²) >= 11 is 7.07. The number of amidine groups is 1. The van der Waals surface area contributed by atoms with Gasteiger partial charge in [-0.1, -0.05) is 23.4 Å². The number of amides is 1. The Labute approximate surface area is 128 Å². The molecule has 1 aromatic rings. The van der Waals surface area contributed by atoms with Crippen LogP contribution in [0.1, 0.15) is 11.1 Å². The molecular weight excluding hydrogens is 320 g/mol. The highest BCUT2D eigenvalue weighted by Crippen LogP contribution is 2.36. The number of carbonyl (C=O) groups excluding carboxylic acids is 1. The van der Waals surface area contributed by atoms with Gasteiger partial charge in [0, 0.05) is 11.1 Å². The zero-order chi connectivity index (χ0) is 15.6. The van der Waals surface area contributed by atoms with Gasteiger partial charge in [0.15, 0.2) is 5.17 Å². The number of thioether (sulfide) groups is 1. The Morgan fingerprint density at radius 1 is 1.62 bits per heavy atom. The average Bonchev–Trinajstić information content (AvgIpc) is 2.81. The number of aromatic hydroxyl groups is 1. The Hall–Kier alpha value is -2.13. The van der Waals surface area contributed by atoms with Crippen LogP contribution < -0.4 is 5.32 Å². The van der Waals surface area contributed by atoms with E-state index in [9.17, 15) is 20.0 Å². The molecule has 0 unspecified atom stereocenters. The number of nitrogens with one attached hydrogen (secondary N) is 1. The lowest BCUT2D eigenvalue weighted by molar-refractivity contribution is -0.386. The van der Waals surface area contributed by atoms with Gasteiger partial charge in [-0.05, 0) is 13.0 Å². The summed E-state index contributed by atoms with van der Waals surface area (Å²) in [5, 5.41) is 31.1. The van der Waals surface area contributed by atoms with E-state index in [1.807, 2.05) is 0 Å². The van der Waals surface area contributed by atoms with E-state index in [0.29, 0.717) is 5.17 Å². The normalized spacial score (nSPS) is 16.7. The van der Waals surface area contributed by atoms with E-state index in [1.165, 1.54) is 24.8 Å². The highest BCUT2D eigenvalue weighted by molar-refractivity contribution is 8.15. The minimum absolute atomic E-state index is 0.0657. The molecule has 1 fully saturated rings. The van der Waals surface area contributed by atoms with Gasteiger partial charge in [-0.25, -0.2) is 0 Å². The van der Waals surface area contributed by atoms with E-state index in [1.54, 1.807) is 0 Å². The number of rotatable bonds is 3. The molecule has 0 saturated carbocycles. The Morgan fingerprint density at radius 3 is 2.90 bits per heavy atom. The van der Waals surface area contributed by atoms with Crippen LogP contribution in [0.15, 0.2) is 16.3 Å². The van der Waals surface area contributed by atoms with Crippen LogP contribution in [-0.2, 0) is 4.79 Å². The SMILES string of the molecule is Cc1c(Cl)cc(C=NN=C2NC(=O)CS2)c(O)c1[N+](=O)[O-]. The molecule has 0 radical (unpaired) electrons. The Morgan fingerprint density at radius 2 is 2.33 bits per heavy atom. The molecule has 21 heavy (non-hydrogen) atoms. The van der Waals surface area contributed by atoms with Crippen LogP contribution in [0.25, 0.3) is 0 Å². The number of phenolic OH excluding ortho intramolecular Hbond substituents is 1. The van der Waals surface area contributed by atoms with Gasteiger partial charge in [-0.15, -0.1) is 5.10 Å². The third-order valence-electron chi connectivity index (χ3n) is 2.61. The molecule has 1 heterocycles. The Bertz CT molecular complexity index is 689. The van der Waals surface area contributed by atoms with Crippen molar-refractivity contribution in [3.8, 4) is 5.75 Å². The molecule has 110 valence electrons. The predicted molar refractivity (Wildman–Crippen MR) is 80.1 cm³/mol. The first kappa shape index (κ1) is 15.3. The van der Waals surface area contributed by atoms with E-state index in [0.717, 1.165) is 6.21 Å². The molecule has 1 saturated heterocycles. The van der Waals surface area contributed by atoms with Crippen molar-refractivity contribution in [3.63, 3.8) is 0 Å². The smallest absolute Gasteiger partial charge is 0.315 e. The summed E-state index contributed by atoms with van der Waals surface area (Å²) in [6.07, 6.45) is 1.13. The first-order chi connectivity index (χ1) is 9.90. The lowest BCUT2D eigenvalue weighted by atomic mass is 10.1. The average molecular weight is 329 g/mol. The number of hydrogen-bond acceptors (Lipinski definition) is 7. The first-order valence-electron chi connectivity index (χ1n) is 5.60. The molecule has 1 aromatic carbocycles. The number of phenols is 1. The second kappa shape index (κ2) is 6.10. The van der Waals surface area contributed by atoms with Crippen LogP contribution in [0.5, 0.6) is 5.75 Å². The number of hydrogen-bond donors (Lipinski definition) is 2. The number of halogens is 1. The molecule has 0 bridgehead atoms. The van der Waals surface area contributed by atoms with Gasteiger partial charge >= 0.3 is 5.69 Å². The van der Waals surface area contributed by atoms with Crippen LogP contribution in [0.3, 0.4) is 0 Å². The van der Waals surface area contributed by atoms with Crippen molar-refractivity contribution < 1.29 is 14.8 Å². The molecular formula is C11H9ClN4O4S. The van der Waals surface area contributed by atoms with Crippen LogP contribution in [0.2, 0.25) is 5.02 Å². The number of carbonyl (C=O) groups is 1. The first-order valence-corrected chi connectivity index (χ1v) is 6.96. The van der Waals surface area contributed by atoms with E-state index in [-0.39, 0.29) is 27.8 Å². The molecule has 1 aliphatic rings. The van der Waals surface area contributed by atoms with Gasteiger partial charge in [0.1, 0.15) is 0 Å². The van der Waals surface area contributed by atoms with Crippen molar-refractivity contribution in [1.82, 2.24) is 5.32 Å². The maximum atomic E-state index is 10.9. The standard InChI is InChI=1S/C11H9ClN4O4S/c1-5-7(12)2-6(10(18)9(5)16(19)20)3-13-15-11-14-8(17)4-21-11/h2-3,18H,4H2,1H3,(H,14,15,17). The lowest BCUT2D eigenvalue weighted by Gasteiger charge is -2.05. The van der Waals surface area contributed by atoms with Crippen molar-refractivity contribution >= 4 is 46.3 Å². The van der Waals surface area contributed by atoms with E-state index < -0.39 is 16.4 Å². The molecule has 0 aliphatic carbocycles. The van der Waals surface area contributed by atoms with E-state index in [4.69, 9.17) is 11.6 Å². The Kier molecular flexibility index (Phi) is 4.43. The van der Waals surface area contributed by atoms with Crippen LogP contribution >= 0.6 is 23.4 Å². The highest BCUT2D eigenvalue weighted by Gasteiger charge is 2.23. The van der Waals surface area contributed by atoms with Crippen molar-refractivity contribution in [2.75, 3.05) is 5.75 Å². The van der Waals surface area contributed by atoms with Crippen molar-refractivity contribution in [3.05, 3.63) is 32.3 Å². The fraction of sp³-hybridized carbons (Fsp3) is 0.182. The van der Waals surface area contributed by atoms with Gasteiger partial charge in [0.25, 0.3) is 0 Å². The molecule has 1 amide bonds. The third kappa shape index (κ3) is 3.31. The summed E-state index contributed by atoms with van der Waals surface area (Å²) in [5.74, 6) is -0.443. The second-order valence-electron chi connectivity index (χ2n) is 4.01. The van der Waals surface area contributed by atoms with Gasteiger partial charge < -0.3 is 10.4 Å². The molecule has 2 rings (SSSR count). The maximum Gasteiger partial charge on any atom is 0.315 e. The van der Waals surface area contributed by atoms with Gasteiger partial charge in [-0.3, -0.25) is 14.9 Å². The maximum absolute atomic E-state index is 10.9. The fourth-order valence-corrected chi connectivity index (χ4v) is 2.42.